The molecule has 1 saturated heterocycles. The molecule has 0 aromatic carbocycles. The van der Waals surface area contributed by atoms with Crippen LogP contribution in [0.15, 0.2) is 4.36 Å². The van der Waals surface area contributed by atoms with E-state index in [0.717, 1.165) is 40.0 Å². The fraction of sp³-hybridized carbons (Fsp3) is 0.800. The lowest BCUT2D eigenvalue weighted by molar-refractivity contribution is -0.295. The third-order valence-electron chi connectivity index (χ3n) is 4.95. The zero-order valence-electron chi connectivity index (χ0n) is 18.8. The highest BCUT2D eigenvalue weighted by molar-refractivity contribution is 7.93. The van der Waals surface area contributed by atoms with Crippen LogP contribution in [0.3, 0.4) is 0 Å². The molecule has 2 aliphatic heterocycles. The van der Waals surface area contributed by atoms with Gasteiger partial charge in [-0.05, 0) is 19.3 Å². The van der Waals surface area contributed by atoms with E-state index in [1.807, 2.05) is 0 Å². The summed E-state index contributed by atoms with van der Waals surface area (Å²) >= 11 is 0. The van der Waals surface area contributed by atoms with Gasteiger partial charge in [0.1, 0.15) is 6.10 Å². The van der Waals surface area contributed by atoms with Crippen molar-refractivity contribution in [3.05, 3.63) is 0 Å². The Morgan fingerprint density at radius 1 is 0.812 bits per heavy atom. The van der Waals surface area contributed by atoms with Crippen LogP contribution in [0.4, 0.5) is 0 Å². The van der Waals surface area contributed by atoms with Crippen molar-refractivity contribution >= 4 is 33.6 Å². The van der Waals surface area contributed by atoms with Gasteiger partial charge in [-0.15, -0.1) is 0 Å². The summed E-state index contributed by atoms with van der Waals surface area (Å²) in [7, 11) is -2.49. The van der Waals surface area contributed by atoms with Gasteiger partial charge in [-0.1, -0.05) is 6.42 Å². The van der Waals surface area contributed by atoms with Crippen LogP contribution < -0.4 is 0 Å². The third kappa shape index (κ3) is 7.73. The van der Waals surface area contributed by atoms with Gasteiger partial charge in [0, 0.05) is 55.5 Å². The van der Waals surface area contributed by atoms with Crippen molar-refractivity contribution in [3.63, 3.8) is 0 Å². The van der Waals surface area contributed by atoms with Crippen molar-refractivity contribution in [1.82, 2.24) is 0 Å². The van der Waals surface area contributed by atoms with Crippen molar-refractivity contribution in [1.29, 1.82) is 0 Å². The Hall–Kier alpha value is -2.21. The minimum absolute atomic E-state index is 0.128. The van der Waals surface area contributed by atoms with Crippen molar-refractivity contribution in [2.75, 3.05) is 18.1 Å². The summed E-state index contributed by atoms with van der Waals surface area (Å²) in [6.45, 7) is 5.09. The number of carbonyl (C=O) groups excluding carboxylic acids is 4. The van der Waals surface area contributed by atoms with E-state index in [4.69, 9.17) is 23.7 Å². The molecule has 0 saturated carbocycles. The highest BCUT2D eigenvalue weighted by atomic mass is 32.2. The molecule has 12 heteroatoms. The molecule has 0 spiro atoms. The minimum Gasteiger partial charge on any atom is -0.456 e. The molecule has 0 bridgehead atoms. The lowest BCUT2D eigenvalue weighted by Crippen LogP contribution is -2.62. The summed E-state index contributed by atoms with van der Waals surface area (Å²) < 4.78 is 44.5. The van der Waals surface area contributed by atoms with Crippen molar-refractivity contribution in [2.45, 2.75) is 84.1 Å². The van der Waals surface area contributed by atoms with E-state index in [-0.39, 0.29) is 12.2 Å². The Kier molecular flexibility index (Phi) is 9.44. The summed E-state index contributed by atoms with van der Waals surface area (Å²) in [6.07, 6.45) is -3.46. The zero-order valence-corrected chi connectivity index (χ0v) is 19.6. The Morgan fingerprint density at radius 3 is 1.97 bits per heavy atom. The van der Waals surface area contributed by atoms with Gasteiger partial charge in [0.2, 0.25) is 12.4 Å². The van der Waals surface area contributed by atoms with E-state index in [1.165, 1.54) is 6.92 Å². The molecule has 0 N–H and O–H groups in total. The number of hydrogen-bond donors (Lipinski definition) is 0. The second-order valence-corrected chi connectivity index (χ2v) is 10.4. The van der Waals surface area contributed by atoms with E-state index >= 15 is 0 Å². The topological polar surface area (TPSA) is 144 Å². The predicted octanol–water partition coefficient (Wildman–Crippen LogP) is 1.11. The monoisotopic (exact) mass is 477 g/mol. The van der Waals surface area contributed by atoms with E-state index in [1.54, 1.807) is 0 Å². The van der Waals surface area contributed by atoms with Crippen LogP contribution >= 0.6 is 0 Å². The third-order valence-corrected chi connectivity index (χ3v) is 7.40. The maximum Gasteiger partial charge on any atom is 0.305 e. The van der Waals surface area contributed by atoms with E-state index in [0.29, 0.717) is 12.3 Å². The molecule has 0 radical (unpaired) electrons. The summed E-state index contributed by atoms with van der Waals surface area (Å²) in [4.78, 5) is 46.9. The Labute approximate surface area is 187 Å². The SMILES string of the molecule is CC(=O)O[C@H]1O[C@H](CCS2(=O)=NCCCCC2)[C@@H](OC(C)=O)[C@H](OC(C)=O)[C@@H]1OC(C)=O. The standard InChI is InChI=1S/C20H31NO10S/c1-12(22)27-17-16(8-11-32(26)10-7-5-6-9-21-32)31-20(30-15(4)25)19(29-14(3)24)18(17)28-13(2)23/h16-20H,5-11H2,1-4H3/t16-,17-,18+,19+,20+,32?/m1/s1. The van der Waals surface area contributed by atoms with Gasteiger partial charge >= 0.3 is 23.9 Å². The van der Waals surface area contributed by atoms with E-state index in [2.05, 4.69) is 4.36 Å². The molecule has 182 valence electrons. The fourth-order valence-corrected chi connectivity index (χ4v) is 5.90. The molecule has 0 aliphatic carbocycles. The van der Waals surface area contributed by atoms with Gasteiger partial charge in [0.25, 0.3) is 0 Å². The average molecular weight is 478 g/mol. The van der Waals surface area contributed by atoms with Gasteiger partial charge in [0.15, 0.2) is 12.2 Å². The zero-order chi connectivity index (χ0) is 23.9. The molecule has 11 nitrogen and oxygen atoms in total. The molecular formula is C20H31NO10S. The highest BCUT2D eigenvalue weighted by Gasteiger charge is 2.53. The molecule has 0 aromatic heterocycles. The molecule has 2 aliphatic rings. The number of rotatable bonds is 7. The molecule has 1 fully saturated rings. The molecule has 1 unspecified atom stereocenters. The van der Waals surface area contributed by atoms with Gasteiger partial charge in [-0.25, -0.2) is 8.57 Å². The largest absolute Gasteiger partial charge is 0.456 e. The van der Waals surface area contributed by atoms with Crippen LogP contribution in [0.5, 0.6) is 0 Å². The van der Waals surface area contributed by atoms with Crippen LogP contribution in [-0.2, 0) is 52.6 Å². The molecule has 0 amide bonds. The fourth-order valence-electron chi connectivity index (χ4n) is 3.72. The second-order valence-electron chi connectivity index (χ2n) is 7.76. The highest BCUT2D eigenvalue weighted by Crippen LogP contribution is 2.31. The van der Waals surface area contributed by atoms with E-state index in [9.17, 15) is 23.4 Å². The van der Waals surface area contributed by atoms with E-state index < -0.39 is 64.3 Å². The summed E-state index contributed by atoms with van der Waals surface area (Å²) in [5.74, 6) is -2.26. The summed E-state index contributed by atoms with van der Waals surface area (Å²) in [6, 6.07) is 0. The summed E-state index contributed by atoms with van der Waals surface area (Å²) in [5.41, 5.74) is 0. The lowest BCUT2D eigenvalue weighted by Gasteiger charge is -2.44. The first kappa shape index (κ1) is 26.0. The quantitative estimate of drug-likeness (QED) is 0.386. The molecule has 2 rings (SSSR count). The first-order chi connectivity index (χ1) is 15.0. The first-order valence-corrected chi connectivity index (χ1v) is 12.4. The Balaban J connectivity index is 2.37. The van der Waals surface area contributed by atoms with Crippen LogP contribution in [0.25, 0.3) is 0 Å². The van der Waals surface area contributed by atoms with Crippen molar-refractivity contribution in [2.24, 2.45) is 4.36 Å². The lowest BCUT2D eigenvalue weighted by atomic mass is 9.96. The number of hydrogen-bond acceptors (Lipinski definition) is 11. The van der Waals surface area contributed by atoms with Crippen LogP contribution in [0, 0.1) is 0 Å². The number of esters is 4. The Morgan fingerprint density at radius 2 is 1.38 bits per heavy atom. The van der Waals surface area contributed by atoms with Gasteiger partial charge < -0.3 is 23.7 Å². The van der Waals surface area contributed by atoms with Crippen molar-refractivity contribution in [3.8, 4) is 0 Å². The molecular weight excluding hydrogens is 446 g/mol. The van der Waals surface area contributed by atoms with Crippen LogP contribution in [0.2, 0.25) is 0 Å². The number of ether oxygens (including phenoxy) is 5. The molecule has 32 heavy (non-hydrogen) atoms. The van der Waals surface area contributed by atoms with Gasteiger partial charge in [-0.3, -0.25) is 19.2 Å². The smallest absolute Gasteiger partial charge is 0.305 e. The normalized spacial score (nSPS) is 32.6. The Bertz CT molecular complexity index is 834. The van der Waals surface area contributed by atoms with Crippen LogP contribution in [0.1, 0.15) is 53.4 Å². The van der Waals surface area contributed by atoms with Crippen molar-refractivity contribution < 1.29 is 47.1 Å². The molecule has 0 aromatic rings. The average Bonchev–Trinajstić information content (AvgIpc) is 2.88. The number of carbonyl (C=O) groups is 4. The molecule has 2 heterocycles. The predicted molar refractivity (Wildman–Crippen MR) is 111 cm³/mol. The summed E-state index contributed by atoms with van der Waals surface area (Å²) in [5, 5.41) is 0. The minimum atomic E-state index is -2.49. The van der Waals surface area contributed by atoms with Crippen LogP contribution in [-0.4, -0.2) is 76.8 Å². The second kappa shape index (κ2) is 11.6. The molecule has 6 atom stereocenters. The van der Waals surface area contributed by atoms with Gasteiger partial charge in [-0.2, -0.15) is 0 Å². The first-order valence-electron chi connectivity index (χ1n) is 10.5. The maximum atomic E-state index is 13.2. The maximum absolute atomic E-state index is 13.2. The number of nitrogens with zero attached hydrogens (tertiary/aromatic N) is 1. The van der Waals surface area contributed by atoms with Gasteiger partial charge in [0.05, 0.1) is 0 Å².